The third-order valence-corrected chi connectivity index (χ3v) is 10.2. The average molecular weight is 776 g/mol. The van der Waals surface area contributed by atoms with Crippen LogP contribution in [0.4, 0.5) is 11.4 Å². The zero-order chi connectivity index (χ0) is 37.7. The highest BCUT2D eigenvalue weighted by Crippen LogP contribution is 2.35. The predicted octanol–water partition coefficient (Wildman–Crippen LogP) is 8.60. The molecule has 0 aliphatic heterocycles. The van der Waals surface area contributed by atoms with Gasteiger partial charge in [0.1, 0.15) is 17.2 Å². The molecule has 1 unspecified atom stereocenters. The summed E-state index contributed by atoms with van der Waals surface area (Å²) in [5.41, 5.74) is 1.55. The number of sulfone groups is 1. The number of rotatable bonds is 13. The molecule has 3 N–H and O–H groups in total. The largest absolute Gasteiger partial charge is 0.506 e. The standard InChI is InChI=1S/C37H37Cl3N2O8S/c1-21-8-14-31(22(2)17-21)49-16-6-7-33(44)41-23-9-12-26(38)29(18-23)42-36(46)34(35(45)37(3,4)5)50-32-15-11-25(20-28(32)40)51(47,48)24-10-13-30(43)27(39)19-24/h8-15,17-20,34,43H,6-7,16H2,1-5H3,(H,41,44)(H,42,46). The van der Waals surface area contributed by atoms with Crippen molar-refractivity contribution in [1.29, 1.82) is 0 Å². The van der Waals surface area contributed by atoms with Crippen LogP contribution < -0.4 is 20.1 Å². The van der Waals surface area contributed by atoms with Gasteiger partial charge in [-0.2, -0.15) is 0 Å². The number of Topliss-reactive ketones (excluding diaryl/α,β-unsaturated/α-hetero) is 1. The Hall–Kier alpha value is -4.29. The van der Waals surface area contributed by atoms with E-state index in [4.69, 9.17) is 44.3 Å². The number of phenols is 1. The van der Waals surface area contributed by atoms with Crippen LogP contribution >= 0.6 is 34.8 Å². The third kappa shape index (κ3) is 10.2. The van der Waals surface area contributed by atoms with Crippen molar-refractivity contribution in [2.75, 3.05) is 17.2 Å². The minimum absolute atomic E-state index is 0.105. The summed E-state index contributed by atoms with van der Waals surface area (Å²) >= 11 is 18.7. The highest BCUT2D eigenvalue weighted by atomic mass is 35.5. The van der Waals surface area contributed by atoms with Crippen molar-refractivity contribution in [2.24, 2.45) is 5.41 Å². The van der Waals surface area contributed by atoms with Gasteiger partial charge in [-0.25, -0.2) is 8.42 Å². The van der Waals surface area contributed by atoms with Gasteiger partial charge in [0.2, 0.25) is 21.8 Å². The molecule has 0 spiro atoms. The smallest absolute Gasteiger partial charge is 0.273 e. The van der Waals surface area contributed by atoms with Gasteiger partial charge in [-0.05, 0) is 86.5 Å². The van der Waals surface area contributed by atoms with Crippen LogP contribution in [0.3, 0.4) is 0 Å². The first kappa shape index (κ1) is 39.5. The number of halogens is 3. The van der Waals surface area contributed by atoms with Crippen molar-refractivity contribution in [3.63, 3.8) is 0 Å². The molecule has 10 nitrogen and oxygen atoms in total. The molecule has 0 bridgehead atoms. The Labute approximate surface area is 311 Å². The van der Waals surface area contributed by atoms with Gasteiger partial charge in [0, 0.05) is 17.5 Å². The monoisotopic (exact) mass is 774 g/mol. The summed E-state index contributed by atoms with van der Waals surface area (Å²) < 4.78 is 38.0. The van der Waals surface area contributed by atoms with Crippen LogP contribution in [0, 0.1) is 19.3 Å². The number of aromatic hydroxyl groups is 1. The number of phenolic OH excluding ortho intramolecular Hbond substituents is 1. The summed E-state index contributed by atoms with van der Waals surface area (Å²) in [4.78, 5) is 39.4. The van der Waals surface area contributed by atoms with E-state index in [0.717, 1.165) is 35.1 Å². The molecule has 0 aromatic heterocycles. The quantitative estimate of drug-likeness (QED) is 0.0904. The minimum Gasteiger partial charge on any atom is -0.506 e. The van der Waals surface area contributed by atoms with E-state index in [2.05, 4.69) is 10.6 Å². The van der Waals surface area contributed by atoms with E-state index in [1.807, 2.05) is 32.0 Å². The van der Waals surface area contributed by atoms with E-state index < -0.39 is 33.0 Å². The molecule has 4 aromatic carbocycles. The normalized spacial score (nSPS) is 12.2. The maximum absolute atomic E-state index is 13.6. The Morgan fingerprint density at radius 3 is 2.08 bits per heavy atom. The van der Waals surface area contributed by atoms with E-state index in [-0.39, 0.29) is 54.4 Å². The molecule has 51 heavy (non-hydrogen) atoms. The number of aryl methyl sites for hydroxylation is 2. The molecular formula is C37H37Cl3N2O8S. The molecule has 0 aliphatic carbocycles. The van der Waals surface area contributed by atoms with Gasteiger partial charge in [0.25, 0.3) is 5.91 Å². The molecule has 0 saturated heterocycles. The number of anilines is 2. The first-order valence-corrected chi connectivity index (χ1v) is 18.3. The summed E-state index contributed by atoms with van der Waals surface area (Å²) in [6.07, 6.45) is -1.09. The first-order valence-electron chi connectivity index (χ1n) is 15.7. The van der Waals surface area contributed by atoms with Crippen molar-refractivity contribution in [2.45, 2.75) is 63.4 Å². The maximum atomic E-state index is 13.6. The molecule has 4 aromatic rings. The molecule has 0 radical (unpaired) electrons. The van der Waals surface area contributed by atoms with Crippen LogP contribution in [0.5, 0.6) is 17.2 Å². The topological polar surface area (TPSA) is 148 Å². The van der Waals surface area contributed by atoms with Crippen LogP contribution in [0.1, 0.15) is 44.7 Å². The van der Waals surface area contributed by atoms with Gasteiger partial charge in [0.05, 0.1) is 37.2 Å². The summed E-state index contributed by atoms with van der Waals surface area (Å²) in [6.45, 7) is 9.12. The summed E-state index contributed by atoms with van der Waals surface area (Å²) in [5.74, 6) is -1.42. The number of ether oxygens (including phenoxy) is 2. The average Bonchev–Trinajstić information content (AvgIpc) is 3.05. The highest BCUT2D eigenvalue weighted by molar-refractivity contribution is 7.91. The fourth-order valence-electron chi connectivity index (χ4n) is 4.78. The summed E-state index contributed by atoms with van der Waals surface area (Å²) in [5, 5.41) is 14.8. The Kier molecular flexibility index (Phi) is 12.7. The fraction of sp³-hybridized carbons (Fsp3) is 0.270. The first-order chi connectivity index (χ1) is 23.9. The van der Waals surface area contributed by atoms with Crippen LogP contribution in [-0.4, -0.2) is 43.8 Å². The van der Waals surface area contributed by atoms with Crippen LogP contribution in [-0.2, 0) is 24.2 Å². The Morgan fingerprint density at radius 2 is 1.45 bits per heavy atom. The van der Waals surface area contributed by atoms with Gasteiger partial charge < -0.3 is 25.2 Å². The summed E-state index contributed by atoms with van der Waals surface area (Å²) in [6, 6.07) is 17.3. The molecule has 0 heterocycles. The number of benzene rings is 4. The zero-order valence-corrected chi connectivity index (χ0v) is 31.6. The second-order valence-electron chi connectivity index (χ2n) is 12.8. The second kappa shape index (κ2) is 16.4. The molecule has 1 atom stereocenters. The number of carbonyl (C=O) groups is 3. The van der Waals surface area contributed by atoms with Gasteiger partial charge in [-0.3, -0.25) is 14.4 Å². The zero-order valence-electron chi connectivity index (χ0n) is 28.5. The van der Waals surface area contributed by atoms with Crippen molar-refractivity contribution in [3.05, 3.63) is 99.0 Å². The van der Waals surface area contributed by atoms with Crippen LogP contribution in [0.2, 0.25) is 15.1 Å². The van der Waals surface area contributed by atoms with Crippen LogP contribution in [0.15, 0.2) is 82.6 Å². The van der Waals surface area contributed by atoms with Crippen molar-refractivity contribution in [1.82, 2.24) is 0 Å². The Morgan fingerprint density at radius 1 is 0.804 bits per heavy atom. The van der Waals surface area contributed by atoms with Gasteiger partial charge in [-0.15, -0.1) is 0 Å². The fourth-order valence-corrected chi connectivity index (χ4v) is 6.79. The SMILES string of the molecule is Cc1ccc(OCCCC(=O)Nc2ccc(Cl)c(NC(=O)C(Oc3ccc(S(=O)(=O)c4ccc(O)c(Cl)c4)cc3Cl)C(=O)C(C)(C)C)c2)c(C)c1. The molecule has 0 fully saturated rings. The molecular weight excluding hydrogens is 739 g/mol. The second-order valence-corrected chi connectivity index (χ2v) is 15.9. The van der Waals surface area contributed by atoms with E-state index in [1.54, 1.807) is 26.8 Å². The van der Waals surface area contributed by atoms with E-state index in [9.17, 15) is 27.9 Å². The van der Waals surface area contributed by atoms with Crippen molar-refractivity contribution < 1.29 is 37.4 Å². The van der Waals surface area contributed by atoms with Crippen LogP contribution in [0.25, 0.3) is 0 Å². The molecule has 4 rings (SSSR count). The Balaban J connectivity index is 1.46. The van der Waals surface area contributed by atoms with E-state index in [0.29, 0.717) is 18.7 Å². The van der Waals surface area contributed by atoms with Gasteiger partial charge >= 0.3 is 0 Å². The molecule has 0 aliphatic rings. The lowest BCUT2D eigenvalue weighted by atomic mass is 9.87. The lowest BCUT2D eigenvalue weighted by Crippen LogP contribution is -2.45. The third-order valence-electron chi connectivity index (χ3n) is 7.55. The Bertz CT molecular complexity index is 2080. The summed E-state index contributed by atoms with van der Waals surface area (Å²) in [7, 11) is -4.11. The highest BCUT2D eigenvalue weighted by Gasteiger charge is 2.37. The molecule has 14 heteroatoms. The number of hydrogen-bond donors (Lipinski definition) is 3. The van der Waals surface area contributed by atoms with Gasteiger partial charge in [0.15, 0.2) is 5.78 Å². The van der Waals surface area contributed by atoms with E-state index in [1.165, 1.54) is 30.3 Å². The minimum atomic E-state index is -4.11. The van der Waals surface area contributed by atoms with Gasteiger partial charge in [-0.1, -0.05) is 73.3 Å². The van der Waals surface area contributed by atoms with Crippen molar-refractivity contribution >= 4 is 73.6 Å². The predicted molar refractivity (Wildman–Crippen MR) is 198 cm³/mol. The molecule has 2 amide bonds. The molecule has 270 valence electrons. The number of carbonyl (C=O) groups excluding carboxylic acids is 3. The number of nitrogens with one attached hydrogen (secondary N) is 2. The number of amides is 2. The van der Waals surface area contributed by atoms with E-state index >= 15 is 0 Å². The lowest BCUT2D eigenvalue weighted by molar-refractivity contribution is -0.140. The number of hydrogen-bond acceptors (Lipinski definition) is 8. The van der Waals surface area contributed by atoms with Crippen molar-refractivity contribution in [3.8, 4) is 17.2 Å². The molecule has 0 saturated carbocycles. The number of ketones is 1. The lowest BCUT2D eigenvalue weighted by Gasteiger charge is -2.25. The maximum Gasteiger partial charge on any atom is 0.273 e.